The van der Waals surface area contributed by atoms with Crippen LogP contribution in [0.2, 0.25) is 0 Å². The Kier molecular flexibility index (Phi) is 6.47. The molecule has 0 unspecified atom stereocenters. The number of nitrogens with one attached hydrogen (secondary N) is 1. The summed E-state index contributed by atoms with van der Waals surface area (Å²) in [5, 5.41) is 0. The highest BCUT2D eigenvalue weighted by Gasteiger charge is 2.23. The lowest BCUT2D eigenvalue weighted by atomic mass is 10.1. The third-order valence-corrected chi connectivity index (χ3v) is 5.26. The first kappa shape index (κ1) is 18.7. The SMILES string of the molecule is CCOc1ccc(C(=S)N2CC[NH+](Cc3ccccc3)CC2)cc1OC. The molecule has 0 atom stereocenters. The van der Waals surface area contributed by atoms with Gasteiger partial charge >= 0.3 is 0 Å². The van der Waals surface area contributed by atoms with Crippen LogP contribution in [0.4, 0.5) is 0 Å². The highest BCUT2D eigenvalue weighted by molar-refractivity contribution is 7.80. The average molecular weight is 372 g/mol. The zero-order valence-electron chi connectivity index (χ0n) is 15.5. The predicted octanol–water partition coefficient (Wildman–Crippen LogP) is 2.17. The second-order valence-electron chi connectivity index (χ2n) is 6.50. The highest BCUT2D eigenvalue weighted by atomic mass is 32.1. The van der Waals surface area contributed by atoms with Crippen molar-refractivity contribution >= 4 is 17.2 Å². The molecule has 1 fully saturated rings. The number of benzene rings is 2. The molecule has 0 aromatic heterocycles. The molecule has 0 aliphatic carbocycles. The topological polar surface area (TPSA) is 26.1 Å². The lowest BCUT2D eigenvalue weighted by Gasteiger charge is -2.34. The normalized spacial score (nSPS) is 14.9. The molecule has 1 aliphatic rings. The number of nitrogens with zero attached hydrogens (tertiary/aromatic N) is 1. The van der Waals surface area contributed by atoms with Crippen molar-refractivity contribution in [3.05, 3.63) is 59.7 Å². The van der Waals surface area contributed by atoms with E-state index in [0.29, 0.717) is 6.61 Å². The molecule has 0 radical (unpaired) electrons. The van der Waals surface area contributed by atoms with Crippen LogP contribution in [0, 0.1) is 0 Å². The van der Waals surface area contributed by atoms with Crippen molar-refractivity contribution in [2.24, 2.45) is 0 Å². The molecule has 3 rings (SSSR count). The Hall–Kier alpha value is -2.11. The molecular weight excluding hydrogens is 344 g/mol. The molecule has 1 aliphatic heterocycles. The van der Waals surface area contributed by atoms with E-state index in [-0.39, 0.29) is 0 Å². The van der Waals surface area contributed by atoms with Crippen LogP contribution in [0.3, 0.4) is 0 Å². The predicted molar refractivity (Wildman–Crippen MR) is 108 cm³/mol. The van der Waals surface area contributed by atoms with Gasteiger partial charge in [-0.2, -0.15) is 0 Å². The first-order valence-corrected chi connectivity index (χ1v) is 9.59. The minimum Gasteiger partial charge on any atom is -0.493 e. The van der Waals surface area contributed by atoms with Gasteiger partial charge in [0, 0.05) is 11.1 Å². The Balaban J connectivity index is 1.59. The standard InChI is InChI=1S/C21H26N2O2S/c1-3-25-19-10-9-18(15-20(19)24-2)21(26)23-13-11-22(12-14-23)16-17-7-5-4-6-8-17/h4-10,15H,3,11-14,16H2,1-2H3/p+1. The van der Waals surface area contributed by atoms with Crippen molar-refractivity contribution in [3.63, 3.8) is 0 Å². The van der Waals surface area contributed by atoms with Crippen LogP contribution in [0.1, 0.15) is 18.1 Å². The van der Waals surface area contributed by atoms with E-state index in [4.69, 9.17) is 21.7 Å². The Morgan fingerprint density at radius 2 is 1.81 bits per heavy atom. The van der Waals surface area contributed by atoms with Crippen molar-refractivity contribution in [1.82, 2.24) is 4.90 Å². The second kappa shape index (κ2) is 9.01. The molecule has 0 amide bonds. The smallest absolute Gasteiger partial charge is 0.161 e. The zero-order valence-corrected chi connectivity index (χ0v) is 16.3. The van der Waals surface area contributed by atoms with Gasteiger partial charge in [0.15, 0.2) is 11.5 Å². The quantitative estimate of drug-likeness (QED) is 0.787. The van der Waals surface area contributed by atoms with E-state index >= 15 is 0 Å². The second-order valence-corrected chi connectivity index (χ2v) is 6.89. The van der Waals surface area contributed by atoms with Crippen molar-refractivity contribution < 1.29 is 14.4 Å². The van der Waals surface area contributed by atoms with E-state index < -0.39 is 0 Å². The van der Waals surface area contributed by atoms with E-state index in [1.165, 1.54) is 5.56 Å². The summed E-state index contributed by atoms with van der Waals surface area (Å²) in [5.41, 5.74) is 2.42. The summed E-state index contributed by atoms with van der Waals surface area (Å²) in [6.07, 6.45) is 0. The Bertz CT molecular complexity index is 728. The summed E-state index contributed by atoms with van der Waals surface area (Å²) in [7, 11) is 1.66. The molecule has 2 aromatic rings. The molecule has 1 N–H and O–H groups in total. The largest absolute Gasteiger partial charge is 0.493 e. The maximum Gasteiger partial charge on any atom is 0.161 e. The van der Waals surface area contributed by atoms with Gasteiger partial charge in [-0.05, 0) is 25.1 Å². The highest BCUT2D eigenvalue weighted by Crippen LogP contribution is 2.28. The minimum absolute atomic E-state index is 0.617. The third-order valence-electron chi connectivity index (χ3n) is 4.77. The first-order valence-electron chi connectivity index (χ1n) is 9.19. The fraction of sp³-hybridized carbons (Fsp3) is 0.381. The summed E-state index contributed by atoms with van der Waals surface area (Å²) in [6, 6.07) is 16.7. The lowest BCUT2D eigenvalue weighted by Crippen LogP contribution is -3.13. The fourth-order valence-corrected chi connectivity index (χ4v) is 3.65. The average Bonchev–Trinajstić information content (AvgIpc) is 2.69. The third kappa shape index (κ3) is 4.54. The molecule has 1 heterocycles. The lowest BCUT2D eigenvalue weighted by molar-refractivity contribution is -0.917. The van der Waals surface area contributed by atoms with Crippen LogP contribution in [0.5, 0.6) is 11.5 Å². The number of rotatable bonds is 6. The van der Waals surface area contributed by atoms with Crippen LogP contribution in [-0.2, 0) is 6.54 Å². The van der Waals surface area contributed by atoms with Gasteiger partial charge in [0.1, 0.15) is 11.5 Å². The minimum atomic E-state index is 0.617. The summed E-state index contributed by atoms with van der Waals surface area (Å²) in [6.45, 7) is 7.83. The molecule has 4 nitrogen and oxygen atoms in total. The summed E-state index contributed by atoms with van der Waals surface area (Å²) >= 11 is 5.74. The number of hydrogen-bond donors (Lipinski definition) is 1. The van der Waals surface area contributed by atoms with E-state index in [1.807, 2.05) is 25.1 Å². The number of ether oxygens (including phenoxy) is 2. The van der Waals surface area contributed by atoms with Gasteiger partial charge in [-0.3, -0.25) is 0 Å². The van der Waals surface area contributed by atoms with E-state index in [0.717, 1.165) is 54.8 Å². The molecule has 0 spiro atoms. The summed E-state index contributed by atoms with van der Waals surface area (Å²) in [4.78, 5) is 4.81. The molecule has 138 valence electrons. The van der Waals surface area contributed by atoms with Crippen molar-refractivity contribution in [2.75, 3.05) is 39.9 Å². The Morgan fingerprint density at radius 3 is 2.46 bits per heavy atom. The van der Waals surface area contributed by atoms with Gasteiger partial charge < -0.3 is 19.3 Å². The Morgan fingerprint density at radius 1 is 1.08 bits per heavy atom. The number of methoxy groups -OCH3 is 1. The maximum absolute atomic E-state index is 5.74. The summed E-state index contributed by atoms with van der Waals surface area (Å²) in [5.74, 6) is 1.50. The van der Waals surface area contributed by atoms with Crippen LogP contribution >= 0.6 is 12.2 Å². The van der Waals surface area contributed by atoms with Gasteiger partial charge in [-0.15, -0.1) is 0 Å². The van der Waals surface area contributed by atoms with E-state index in [1.54, 1.807) is 12.0 Å². The van der Waals surface area contributed by atoms with Gasteiger partial charge in [0.25, 0.3) is 0 Å². The fourth-order valence-electron chi connectivity index (χ4n) is 3.35. The number of thiocarbonyl (C=S) groups is 1. The zero-order chi connectivity index (χ0) is 18.4. The van der Waals surface area contributed by atoms with Gasteiger partial charge in [0.05, 0.1) is 39.9 Å². The van der Waals surface area contributed by atoms with Crippen molar-refractivity contribution in [3.8, 4) is 11.5 Å². The van der Waals surface area contributed by atoms with Crippen LogP contribution in [0.15, 0.2) is 48.5 Å². The first-order chi connectivity index (χ1) is 12.7. The van der Waals surface area contributed by atoms with Crippen molar-refractivity contribution in [1.29, 1.82) is 0 Å². The van der Waals surface area contributed by atoms with E-state index in [2.05, 4.69) is 35.2 Å². The number of piperazine rings is 1. The molecule has 2 aromatic carbocycles. The van der Waals surface area contributed by atoms with Crippen molar-refractivity contribution in [2.45, 2.75) is 13.5 Å². The molecule has 26 heavy (non-hydrogen) atoms. The van der Waals surface area contributed by atoms with Crippen LogP contribution in [-0.4, -0.2) is 49.8 Å². The van der Waals surface area contributed by atoms with E-state index in [9.17, 15) is 0 Å². The number of hydrogen-bond acceptors (Lipinski definition) is 3. The van der Waals surface area contributed by atoms with Gasteiger partial charge in [0.2, 0.25) is 0 Å². The van der Waals surface area contributed by atoms with Gasteiger partial charge in [-0.25, -0.2) is 0 Å². The number of quaternary nitrogens is 1. The molecule has 0 saturated carbocycles. The van der Waals surface area contributed by atoms with Gasteiger partial charge in [-0.1, -0.05) is 42.5 Å². The van der Waals surface area contributed by atoms with Crippen LogP contribution in [0.25, 0.3) is 0 Å². The Labute approximate surface area is 161 Å². The maximum atomic E-state index is 5.74. The molecule has 5 heteroatoms. The summed E-state index contributed by atoms with van der Waals surface area (Å²) < 4.78 is 11.0. The van der Waals surface area contributed by atoms with Crippen LogP contribution < -0.4 is 14.4 Å². The molecule has 0 bridgehead atoms. The molecule has 1 saturated heterocycles. The molecular formula is C21H27N2O2S+. The monoisotopic (exact) mass is 371 g/mol.